The highest BCUT2D eigenvalue weighted by molar-refractivity contribution is 5.39. The molecule has 0 amide bonds. The van der Waals surface area contributed by atoms with E-state index in [9.17, 15) is 0 Å². The first-order chi connectivity index (χ1) is 7.81. The van der Waals surface area contributed by atoms with Crippen molar-refractivity contribution in [3.05, 3.63) is 12.4 Å². The third kappa shape index (κ3) is 2.76. The van der Waals surface area contributed by atoms with Gasteiger partial charge in [0.05, 0.1) is 18.0 Å². The van der Waals surface area contributed by atoms with E-state index in [-0.39, 0.29) is 0 Å². The van der Waals surface area contributed by atoms with Crippen LogP contribution >= 0.6 is 0 Å². The third-order valence-electron chi connectivity index (χ3n) is 3.15. The van der Waals surface area contributed by atoms with E-state index >= 15 is 0 Å². The minimum atomic E-state index is 0.424. The average Bonchev–Trinajstić information content (AvgIpc) is 2.77. The Bertz CT molecular complexity index is 324. The molecular weight excluding hydrogens is 202 g/mol. The van der Waals surface area contributed by atoms with Crippen molar-refractivity contribution < 1.29 is 4.74 Å². The van der Waals surface area contributed by atoms with Gasteiger partial charge in [0.1, 0.15) is 0 Å². The van der Waals surface area contributed by atoms with Crippen molar-refractivity contribution in [1.29, 1.82) is 0 Å². The zero-order valence-electron chi connectivity index (χ0n) is 10.1. The topological polar surface area (TPSA) is 39.1 Å². The van der Waals surface area contributed by atoms with Crippen LogP contribution in [0.15, 0.2) is 12.4 Å². The predicted octanol–water partition coefficient (Wildman–Crippen LogP) is 2.27. The van der Waals surface area contributed by atoms with Crippen LogP contribution in [0.4, 0.5) is 5.69 Å². The van der Waals surface area contributed by atoms with Crippen molar-refractivity contribution in [2.45, 2.75) is 51.8 Å². The summed E-state index contributed by atoms with van der Waals surface area (Å²) < 4.78 is 7.60. The highest BCUT2D eigenvalue weighted by Crippen LogP contribution is 2.20. The molecule has 1 aromatic rings. The van der Waals surface area contributed by atoms with E-state index in [2.05, 4.69) is 30.5 Å². The van der Waals surface area contributed by atoms with Gasteiger partial charge in [0.2, 0.25) is 0 Å². The van der Waals surface area contributed by atoms with Crippen molar-refractivity contribution in [1.82, 2.24) is 9.78 Å². The molecule has 0 spiro atoms. The van der Waals surface area contributed by atoms with Crippen LogP contribution in [0.25, 0.3) is 0 Å². The normalized spacial score (nSPS) is 25.6. The largest absolute Gasteiger partial charge is 0.380 e. The van der Waals surface area contributed by atoms with E-state index in [1.807, 2.05) is 10.9 Å². The Labute approximate surface area is 97.0 Å². The minimum Gasteiger partial charge on any atom is -0.380 e. The molecule has 4 heteroatoms. The lowest BCUT2D eigenvalue weighted by Gasteiger charge is -2.29. The molecule has 1 aromatic heterocycles. The predicted molar refractivity (Wildman–Crippen MR) is 64.6 cm³/mol. The molecule has 0 aromatic carbocycles. The van der Waals surface area contributed by atoms with Crippen molar-refractivity contribution >= 4 is 5.69 Å². The summed E-state index contributed by atoms with van der Waals surface area (Å²) in [6.07, 6.45) is 7.69. The first-order valence-electron chi connectivity index (χ1n) is 6.22. The van der Waals surface area contributed by atoms with Crippen LogP contribution in [0, 0.1) is 0 Å². The van der Waals surface area contributed by atoms with Crippen LogP contribution in [0.5, 0.6) is 0 Å². The average molecular weight is 223 g/mol. The summed E-state index contributed by atoms with van der Waals surface area (Å²) in [5.41, 5.74) is 1.13. The summed E-state index contributed by atoms with van der Waals surface area (Å²) in [4.78, 5) is 0. The molecule has 0 radical (unpaired) electrons. The van der Waals surface area contributed by atoms with E-state index in [1.165, 1.54) is 0 Å². The maximum Gasteiger partial charge on any atom is 0.0728 e. The van der Waals surface area contributed by atoms with Crippen LogP contribution in [-0.2, 0) is 11.3 Å². The Kier molecular flexibility index (Phi) is 3.83. The van der Waals surface area contributed by atoms with E-state index < -0.39 is 0 Å². The summed E-state index contributed by atoms with van der Waals surface area (Å²) in [5, 5.41) is 7.80. The van der Waals surface area contributed by atoms with Crippen LogP contribution in [0.1, 0.15) is 33.1 Å². The lowest BCUT2D eigenvalue weighted by atomic mass is 10.0. The Balaban J connectivity index is 1.88. The molecule has 1 aliphatic heterocycles. The zero-order chi connectivity index (χ0) is 11.4. The first kappa shape index (κ1) is 11.5. The summed E-state index contributed by atoms with van der Waals surface area (Å²) in [6, 6.07) is 0.535. The van der Waals surface area contributed by atoms with Crippen molar-refractivity contribution in [3.63, 3.8) is 0 Å². The van der Waals surface area contributed by atoms with Gasteiger partial charge < -0.3 is 10.1 Å². The fraction of sp³-hybridized carbons (Fsp3) is 0.750. The smallest absolute Gasteiger partial charge is 0.0728 e. The Morgan fingerprint density at radius 3 is 3.12 bits per heavy atom. The number of rotatable bonds is 4. The second-order valence-corrected chi connectivity index (χ2v) is 4.35. The lowest BCUT2D eigenvalue weighted by Crippen LogP contribution is -2.33. The van der Waals surface area contributed by atoms with E-state index in [0.717, 1.165) is 38.1 Å². The third-order valence-corrected chi connectivity index (χ3v) is 3.15. The lowest BCUT2D eigenvalue weighted by molar-refractivity contribution is 0.00925. The van der Waals surface area contributed by atoms with Gasteiger partial charge in [0.25, 0.3) is 0 Å². The van der Waals surface area contributed by atoms with Gasteiger partial charge in [-0.2, -0.15) is 5.10 Å². The number of anilines is 1. The second kappa shape index (κ2) is 5.34. The molecule has 1 saturated heterocycles. The standard InChI is InChI=1S/C12H21N3O/c1-3-12-7-10(5-6-16-12)14-11-8-13-15(4-2)9-11/h8-10,12,14H,3-7H2,1-2H3. The van der Waals surface area contributed by atoms with Gasteiger partial charge in [-0.15, -0.1) is 0 Å². The van der Waals surface area contributed by atoms with Gasteiger partial charge in [-0.3, -0.25) is 4.68 Å². The summed E-state index contributed by atoms with van der Waals surface area (Å²) in [6.45, 7) is 6.08. The van der Waals surface area contributed by atoms with Gasteiger partial charge >= 0.3 is 0 Å². The minimum absolute atomic E-state index is 0.424. The first-order valence-corrected chi connectivity index (χ1v) is 6.22. The Morgan fingerprint density at radius 1 is 1.56 bits per heavy atom. The van der Waals surface area contributed by atoms with Gasteiger partial charge in [0.15, 0.2) is 0 Å². The monoisotopic (exact) mass is 223 g/mol. The molecule has 0 bridgehead atoms. The number of nitrogens with zero attached hydrogens (tertiary/aromatic N) is 2. The van der Waals surface area contributed by atoms with Crippen molar-refractivity contribution in [2.24, 2.45) is 0 Å². The fourth-order valence-corrected chi connectivity index (χ4v) is 2.14. The molecule has 2 unspecified atom stereocenters. The van der Waals surface area contributed by atoms with Crippen molar-refractivity contribution in [2.75, 3.05) is 11.9 Å². The number of aryl methyl sites for hydroxylation is 1. The molecule has 2 rings (SSSR count). The van der Waals surface area contributed by atoms with Gasteiger partial charge in [-0.25, -0.2) is 0 Å². The van der Waals surface area contributed by atoms with Crippen LogP contribution in [0.2, 0.25) is 0 Å². The summed E-state index contributed by atoms with van der Waals surface area (Å²) >= 11 is 0. The molecule has 0 saturated carbocycles. The van der Waals surface area contributed by atoms with Crippen LogP contribution in [0.3, 0.4) is 0 Å². The highest BCUT2D eigenvalue weighted by Gasteiger charge is 2.21. The Hall–Kier alpha value is -1.03. The van der Waals surface area contributed by atoms with Gasteiger partial charge in [0, 0.05) is 25.4 Å². The fourth-order valence-electron chi connectivity index (χ4n) is 2.14. The highest BCUT2D eigenvalue weighted by atomic mass is 16.5. The summed E-state index contributed by atoms with van der Waals surface area (Å²) in [5.74, 6) is 0. The Morgan fingerprint density at radius 2 is 2.44 bits per heavy atom. The van der Waals surface area contributed by atoms with Gasteiger partial charge in [-0.1, -0.05) is 6.92 Å². The van der Waals surface area contributed by atoms with E-state index in [4.69, 9.17) is 4.74 Å². The van der Waals surface area contributed by atoms with Crippen molar-refractivity contribution in [3.8, 4) is 0 Å². The molecule has 1 aliphatic rings. The zero-order valence-corrected chi connectivity index (χ0v) is 10.1. The molecule has 1 fully saturated rings. The molecule has 2 atom stereocenters. The summed E-state index contributed by atoms with van der Waals surface area (Å²) in [7, 11) is 0. The molecule has 16 heavy (non-hydrogen) atoms. The van der Waals surface area contributed by atoms with E-state index in [0.29, 0.717) is 12.1 Å². The SMILES string of the molecule is CCC1CC(Nc2cnn(CC)c2)CCO1. The van der Waals surface area contributed by atoms with Gasteiger partial charge in [-0.05, 0) is 26.2 Å². The number of hydrogen-bond donors (Lipinski definition) is 1. The second-order valence-electron chi connectivity index (χ2n) is 4.35. The van der Waals surface area contributed by atoms with Crippen LogP contribution in [-0.4, -0.2) is 28.5 Å². The maximum absolute atomic E-state index is 5.66. The molecular formula is C12H21N3O. The molecule has 90 valence electrons. The number of ether oxygens (including phenoxy) is 1. The number of hydrogen-bond acceptors (Lipinski definition) is 3. The molecule has 0 aliphatic carbocycles. The molecule has 4 nitrogen and oxygen atoms in total. The van der Waals surface area contributed by atoms with Crippen LogP contribution < -0.4 is 5.32 Å². The maximum atomic E-state index is 5.66. The number of aromatic nitrogens is 2. The number of nitrogens with one attached hydrogen (secondary N) is 1. The molecule has 2 heterocycles. The quantitative estimate of drug-likeness (QED) is 0.851. The molecule has 1 N–H and O–H groups in total. The van der Waals surface area contributed by atoms with E-state index in [1.54, 1.807) is 0 Å².